The second-order valence-corrected chi connectivity index (χ2v) is 4.56. The minimum atomic E-state index is -0.453. The predicted molar refractivity (Wildman–Crippen MR) is 81.3 cm³/mol. The van der Waals surface area contributed by atoms with E-state index in [9.17, 15) is 9.18 Å². The summed E-state index contributed by atoms with van der Waals surface area (Å²) in [6.07, 6.45) is 0. The van der Waals surface area contributed by atoms with Crippen LogP contribution in [0, 0.1) is 5.82 Å². The van der Waals surface area contributed by atoms with Crippen molar-refractivity contribution < 1.29 is 13.9 Å². The molecule has 0 radical (unpaired) electrons. The molecule has 1 amide bonds. The topological polar surface area (TPSA) is 41.6 Å². The first-order valence-electron chi connectivity index (χ1n) is 6.50. The number of hydrogen-bond donors (Lipinski definition) is 1. The van der Waals surface area contributed by atoms with E-state index in [0.717, 1.165) is 5.69 Å². The van der Waals surface area contributed by atoms with Crippen LogP contribution in [-0.2, 0) is 4.79 Å². The van der Waals surface area contributed by atoms with E-state index in [4.69, 9.17) is 4.74 Å². The Kier molecular flexibility index (Phi) is 4.77. The summed E-state index contributed by atoms with van der Waals surface area (Å²) in [4.78, 5) is 13.7. The number of methoxy groups -OCH3 is 1. The maximum Gasteiger partial charge on any atom is 0.243 e. The lowest BCUT2D eigenvalue weighted by Crippen LogP contribution is -2.30. The highest BCUT2D eigenvalue weighted by atomic mass is 19.1. The summed E-state index contributed by atoms with van der Waals surface area (Å²) >= 11 is 0. The molecule has 0 saturated carbocycles. The summed E-state index contributed by atoms with van der Waals surface area (Å²) in [5, 5.41) is 2.55. The van der Waals surface area contributed by atoms with Crippen LogP contribution in [0.25, 0.3) is 0 Å². The van der Waals surface area contributed by atoms with E-state index < -0.39 is 5.82 Å². The van der Waals surface area contributed by atoms with E-state index in [-0.39, 0.29) is 18.1 Å². The fourth-order valence-corrected chi connectivity index (χ4v) is 2.00. The lowest BCUT2D eigenvalue weighted by atomic mass is 10.2. The van der Waals surface area contributed by atoms with Crippen LogP contribution < -0.4 is 15.0 Å². The first-order valence-corrected chi connectivity index (χ1v) is 6.50. The number of benzene rings is 2. The number of para-hydroxylation sites is 3. The van der Waals surface area contributed by atoms with Gasteiger partial charge in [0, 0.05) is 7.05 Å². The third kappa shape index (κ3) is 3.72. The van der Waals surface area contributed by atoms with Gasteiger partial charge in [0.25, 0.3) is 0 Å². The molecule has 2 aromatic rings. The van der Waals surface area contributed by atoms with Gasteiger partial charge in [-0.2, -0.15) is 0 Å². The van der Waals surface area contributed by atoms with Gasteiger partial charge in [-0.3, -0.25) is 4.79 Å². The van der Waals surface area contributed by atoms with Gasteiger partial charge >= 0.3 is 0 Å². The number of rotatable bonds is 5. The van der Waals surface area contributed by atoms with Crippen molar-refractivity contribution in [1.82, 2.24) is 0 Å². The second kappa shape index (κ2) is 6.74. The van der Waals surface area contributed by atoms with Crippen molar-refractivity contribution >= 4 is 17.3 Å². The van der Waals surface area contributed by atoms with Crippen molar-refractivity contribution in [1.29, 1.82) is 0 Å². The summed E-state index contributed by atoms with van der Waals surface area (Å²) in [6.45, 7) is 0.0920. The fraction of sp³-hybridized carbons (Fsp3) is 0.188. The Hall–Kier alpha value is -2.56. The molecule has 0 aromatic heterocycles. The van der Waals surface area contributed by atoms with Gasteiger partial charge < -0.3 is 15.0 Å². The Morgan fingerprint density at radius 1 is 1.19 bits per heavy atom. The summed E-state index contributed by atoms with van der Waals surface area (Å²) in [6, 6.07) is 13.5. The first-order chi connectivity index (χ1) is 10.1. The maximum atomic E-state index is 13.5. The van der Waals surface area contributed by atoms with Crippen molar-refractivity contribution in [2.45, 2.75) is 0 Å². The van der Waals surface area contributed by atoms with Gasteiger partial charge in [0.2, 0.25) is 5.91 Å². The molecule has 0 spiro atoms. The van der Waals surface area contributed by atoms with Gasteiger partial charge in [0.05, 0.1) is 25.0 Å². The van der Waals surface area contributed by atoms with Gasteiger partial charge in [-0.05, 0) is 24.3 Å². The van der Waals surface area contributed by atoms with Crippen molar-refractivity contribution in [3.05, 3.63) is 54.3 Å². The van der Waals surface area contributed by atoms with Crippen LogP contribution in [0.1, 0.15) is 0 Å². The average Bonchev–Trinajstić information content (AvgIpc) is 2.49. The summed E-state index contributed by atoms with van der Waals surface area (Å²) in [5.41, 5.74) is 0.972. The van der Waals surface area contributed by atoms with Crippen molar-refractivity contribution in [3.63, 3.8) is 0 Å². The predicted octanol–water partition coefficient (Wildman–Crippen LogP) is 2.91. The van der Waals surface area contributed by atoms with E-state index in [2.05, 4.69) is 5.32 Å². The molecule has 5 heteroatoms. The molecule has 0 fully saturated rings. The molecule has 110 valence electrons. The largest absolute Gasteiger partial charge is 0.495 e. The number of carbonyl (C=O) groups excluding carboxylic acids is 1. The number of nitrogens with one attached hydrogen (secondary N) is 1. The van der Waals surface area contributed by atoms with Gasteiger partial charge in [-0.1, -0.05) is 24.3 Å². The molecule has 2 aromatic carbocycles. The number of likely N-dealkylation sites (N-methyl/N-ethyl adjacent to an activating group) is 1. The van der Waals surface area contributed by atoms with Crippen LogP contribution in [0.4, 0.5) is 15.8 Å². The average molecular weight is 288 g/mol. The SMILES string of the molecule is COc1ccccc1N(C)CC(=O)Nc1ccccc1F. The fourth-order valence-electron chi connectivity index (χ4n) is 2.00. The quantitative estimate of drug-likeness (QED) is 0.919. The Morgan fingerprint density at radius 2 is 1.86 bits per heavy atom. The highest BCUT2D eigenvalue weighted by Crippen LogP contribution is 2.26. The maximum absolute atomic E-state index is 13.5. The Morgan fingerprint density at radius 3 is 2.57 bits per heavy atom. The molecule has 0 saturated heterocycles. The number of hydrogen-bond acceptors (Lipinski definition) is 3. The lowest BCUT2D eigenvalue weighted by Gasteiger charge is -2.21. The van der Waals surface area contributed by atoms with Crippen LogP contribution in [0.15, 0.2) is 48.5 Å². The molecule has 0 bridgehead atoms. The molecule has 0 aliphatic heterocycles. The number of amides is 1. The van der Waals surface area contributed by atoms with Gasteiger partial charge in [-0.25, -0.2) is 4.39 Å². The monoisotopic (exact) mass is 288 g/mol. The van der Waals surface area contributed by atoms with E-state index in [1.54, 1.807) is 31.2 Å². The third-order valence-corrected chi connectivity index (χ3v) is 3.03. The number of halogens is 1. The van der Waals surface area contributed by atoms with Crippen LogP contribution in [0.3, 0.4) is 0 Å². The molecule has 0 atom stereocenters. The molecule has 4 nitrogen and oxygen atoms in total. The molecular weight excluding hydrogens is 271 g/mol. The highest BCUT2D eigenvalue weighted by Gasteiger charge is 2.12. The zero-order valence-electron chi connectivity index (χ0n) is 12.0. The molecule has 0 unspecified atom stereocenters. The molecular formula is C16H17FN2O2. The van der Waals surface area contributed by atoms with Crippen LogP contribution >= 0.6 is 0 Å². The van der Waals surface area contributed by atoms with Crippen molar-refractivity contribution in [2.75, 3.05) is 30.9 Å². The summed E-state index contributed by atoms with van der Waals surface area (Å²) in [7, 11) is 3.35. The van der Waals surface area contributed by atoms with E-state index in [1.165, 1.54) is 12.1 Å². The Bertz CT molecular complexity index is 631. The Balaban J connectivity index is 2.04. The highest BCUT2D eigenvalue weighted by molar-refractivity contribution is 5.94. The van der Waals surface area contributed by atoms with Crippen molar-refractivity contribution in [3.8, 4) is 5.75 Å². The zero-order valence-corrected chi connectivity index (χ0v) is 12.0. The van der Waals surface area contributed by atoms with E-state index >= 15 is 0 Å². The minimum Gasteiger partial charge on any atom is -0.495 e. The molecule has 0 aliphatic rings. The van der Waals surface area contributed by atoms with Gasteiger partial charge in [0.1, 0.15) is 11.6 Å². The molecule has 21 heavy (non-hydrogen) atoms. The normalized spacial score (nSPS) is 10.0. The van der Waals surface area contributed by atoms with Crippen LogP contribution in [-0.4, -0.2) is 26.6 Å². The molecule has 1 N–H and O–H groups in total. The lowest BCUT2D eigenvalue weighted by molar-refractivity contribution is -0.114. The number of nitrogens with zero attached hydrogens (tertiary/aromatic N) is 1. The first kappa shape index (κ1) is 14.8. The standard InChI is InChI=1S/C16H17FN2O2/c1-19(14-9-5-6-10-15(14)21-2)11-16(20)18-13-8-4-3-7-12(13)17/h3-10H,11H2,1-2H3,(H,18,20). The molecule has 2 rings (SSSR count). The van der Waals surface area contributed by atoms with E-state index in [1.807, 2.05) is 24.3 Å². The summed E-state index contributed by atoms with van der Waals surface area (Å²) < 4.78 is 18.7. The number of carbonyl (C=O) groups is 1. The van der Waals surface area contributed by atoms with E-state index in [0.29, 0.717) is 5.75 Å². The number of anilines is 2. The smallest absolute Gasteiger partial charge is 0.243 e. The zero-order chi connectivity index (χ0) is 15.2. The van der Waals surface area contributed by atoms with Gasteiger partial charge in [0.15, 0.2) is 0 Å². The van der Waals surface area contributed by atoms with Crippen LogP contribution in [0.2, 0.25) is 0 Å². The Labute approximate surface area is 123 Å². The third-order valence-electron chi connectivity index (χ3n) is 3.03. The van der Waals surface area contributed by atoms with Gasteiger partial charge in [-0.15, -0.1) is 0 Å². The minimum absolute atomic E-state index is 0.0920. The number of ether oxygens (including phenoxy) is 1. The molecule has 0 heterocycles. The van der Waals surface area contributed by atoms with Crippen molar-refractivity contribution in [2.24, 2.45) is 0 Å². The van der Waals surface area contributed by atoms with Crippen LogP contribution in [0.5, 0.6) is 5.75 Å². The molecule has 0 aliphatic carbocycles. The summed E-state index contributed by atoms with van der Waals surface area (Å²) in [5.74, 6) is -0.0713. The second-order valence-electron chi connectivity index (χ2n) is 4.56.